The van der Waals surface area contributed by atoms with Crippen molar-refractivity contribution in [2.45, 2.75) is 0 Å². The minimum absolute atomic E-state index is 0.0991. The van der Waals surface area contributed by atoms with Crippen molar-refractivity contribution in [2.75, 3.05) is 0 Å². The molecule has 2 heterocycles. The van der Waals surface area contributed by atoms with Gasteiger partial charge in [0.15, 0.2) is 11.3 Å². The molecule has 0 bridgehead atoms. The van der Waals surface area contributed by atoms with Gasteiger partial charge >= 0.3 is 0 Å². The lowest BCUT2D eigenvalue weighted by atomic mass is 10.1. The van der Waals surface area contributed by atoms with Crippen LogP contribution in [-0.2, 0) is 0 Å². The number of fused-ring (bicyclic) bond motifs is 3. The average molecular weight is 293 g/mol. The Morgan fingerprint density at radius 3 is 2.59 bits per heavy atom. The van der Waals surface area contributed by atoms with Gasteiger partial charge in [0.05, 0.1) is 5.52 Å². The summed E-state index contributed by atoms with van der Waals surface area (Å²) in [6.45, 7) is 0. The van der Waals surface area contributed by atoms with Gasteiger partial charge in [-0.1, -0.05) is 12.1 Å². The minimum Gasteiger partial charge on any atom is -0.265 e. The fourth-order valence-corrected chi connectivity index (χ4v) is 2.24. The number of halogens is 1. The van der Waals surface area contributed by atoms with Gasteiger partial charge in [0.25, 0.3) is 5.56 Å². The number of hydrogen-bond donors (Lipinski definition) is 0. The summed E-state index contributed by atoms with van der Waals surface area (Å²) in [5.74, 6) is -0.386. The molecule has 4 aromatic rings. The monoisotopic (exact) mass is 293 g/mol. The van der Waals surface area contributed by atoms with E-state index in [0.717, 1.165) is 0 Å². The van der Waals surface area contributed by atoms with Gasteiger partial charge in [0, 0.05) is 10.9 Å². The molecule has 0 aliphatic heterocycles. The molecule has 6 nitrogen and oxygen atoms in total. The van der Waals surface area contributed by atoms with E-state index in [9.17, 15) is 9.18 Å². The maximum absolute atomic E-state index is 13.0. The third-order valence-corrected chi connectivity index (χ3v) is 3.29. The maximum atomic E-state index is 13.0. The van der Waals surface area contributed by atoms with Crippen LogP contribution in [0.15, 0.2) is 53.3 Å². The standard InChI is InChI=1S/C15H8FN5O/c16-10-7-5-9(6-8-10)13-15(22)17-14-11-3-1-2-4-12(11)18-20-21(14)19-13/h1-8H. The summed E-state index contributed by atoms with van der Waals surface area (Å²) < 4.78 is 14.2. The topological polar surface area (TPSA) is 73.0 Å². The summed E-state index contributed by atoms with van der Waals surface area (Å²) >= 11 is 0. The molecule has 0 spiro atoms. The Bertz CT molecular complexity index is 1060. The molecule has 0 fully saturated rings. The van der Waals surface area contributed by atoms with Crippen molar-refractivity contribution in [2.24, 2.45) is 0 Å². The normalized spacial score (nSPS) is 11.1. The van der Waals surface area contributed by atoms with Gasteiger partial charge in [-0.05, 0) is 41.6 Å². The van der Waals surface area contributed by atoms with Crippen LogP contribution in [-0.4, -0.2) is 25.0 Å². The summed E-state index contributed by atoms with van der Waals surface area (Å²) in [5.41, 5.74) is 1.04. The second kappa shape index (κ2) is 4.66. The third-order valence-electron chi connectivity index (χ3n) is 3.29. The highest BCUT2D eigenvalue weighted by Crippen LogP contribution is 2.16. The molecule has 0 amide bonds. The van der Waals surface area contributed by atoms with Gasteiger partial charge in [0.2, 0.25) is 0 Å². The van der Waals surface area contributed by atoms with Crippen LogP contribution >= 0.6 is 0 Å². The highest BCUT2D eigenvalue weighted by molar-refractivity contribution is 5.90. The highest BCUT2D eigenvalue weighted by Gasteiger charge is 2.11. The van der Waals surface area contributed by atoms with E-state index in [1.54, 1.807) is 12.1 Å². The molecule has 22 heavy (non-hydrogen) atoms. The Hall–Kier alpha value is -3.22. The first kappa shape index (κ1) is 12.5. The lowest BCUT2D eigenvalue weighted by Gasteiger charge is -2.04. The SMILES string of the molecule is O=c1nc2c3ccccc3nnn2nc1-c1ccc(F)cc1. The third kappa shape index (κ3) is 1.91. The van der Waals surface area contributed by atoms with E-state index < -0.39 is 5.56 Å². The molecule has 0 aliphatic carbocycles. The van der Waals surface area contributed by atoms with Crippen molar-refractivity contribution < 1.29 is 4.39 Å². The van der Waals surface area contributed by atoms with Crippen LogP contribution in [0.2, 0.25) is 0 Å². The Kier molecular flexibility index (Phi) is 2.65. The Morgan fingerprint density at radius 2 is 1.77 bits per heavy atom. The molecular weight excluding hydrogens is 285 g/mol. The Morgan fingerprint density at radius 1 is 1.00 bits per heavy atom. The minimum atomic E-state index is -0.496. The van der Waals surface area contributed by atoms with Crippen molar-refractivity contribution in [3.8, 4) is 11.3 Å². The van der Waals surface area contributed by atoms with Crippen LogP contribution in [0.4, 0.5) is 4.39 Å². The van der Waals surface area contributed by atoms with Crippen molar-refractivity contribution in [1.82, 2.24) is 25.0 Å². The molecule has 0 N–H and O–H groups in total. The maximum Gasteiger partial charge on any atom is 0.300 e. The number of rotatable bonds is 1. The van der Waals surface area contributed by atoms with Crippen LogP contribution in [0.1, 0.15) is 0 Å². The predicted octanol–water partition coefficient (Wildman–Crippen LogP) is 1.84. The smallest absolute Gasteiger partial charge is 0.265 e. The molecule has 7 heteroatoms. The molecule has 0 radical (unpaired) electrons. The molecule has 0 saturated carbocycles. The zero-order valence-corrected chi connectivity index (χ0v) is 11.1. The van der Waals surface area contributed by atoms with Gasteiger partial charge in [-0.25, -0.2) is 4.39 Å². The van der Waals surface area contributed by atoms with E-state index in [-0.39, 0.29) is 11.5 Å². The molecule has 4 rings (SSSR count). The van der Waals surface area contributed by atoms with Gasteiger partial charge in [0.1, 0.15) is 5.82 Å². The van der Waals surface area contributed by atoms with E-state index in [4.69, 9.17) is 0 Å². The van der Waals surface area contributed by atoms with Crippen molar-refractivity contribution in [1.29, 1.82) is 0 Å². The van der Waals surface area contributed by atoms with E-state index >= 15 is 0 Å². The lowest BCUT2D eigenvalue weighted by molar-refractivity contribution is 0.628. The first-order valence-electron chi connectivity index (χ1n) is 6.51. The second-order valence-corrected chi connectivity index (χ2v) is 4.69. The first-order valence-corrected chi connectivity index (χ1v) is 6.51. The zero-order chi connectivity index (χ0) is 15.1. The summed E-state index contributed by atoms with van der Waals surface area (Å²) in [7, 11) is 0. The molecule has 0 aliphatic rings. The van der Waals surface area contributed by atoms with Gasteiger partial charge in [-0.15, -0.1) is 14.8 Å². The number of benzene rings is 2. The summed E-state index contributed by atoms with van der Waals surface area (Å²) in [6.07, 6.45) is 0. The van der Waals surface area contributed by atoms with Gasteiger partial charge in [-0.2, -0.15) is 4.98 Å². The van der Waals surface area contributed by atoms with Gasteiger partial charge in [-0.3, -0.25) is 4.79 Å². The van der Waals surface area contributed by atoms with E-state index in [2.05, 4.69) is 20.4 Å². The van der Waals surface area contributed by atoms with Gasteiger partial charge < -0.3 is 0 Å². The second-order valence-electron chi connectivity index (χ2n) is 4.69. The first-order chi connectivity index (χ1) is 10.7. The highest BCUT2D eigenvalue weighted by atomic mass is 19.1. The number of nitrogens with zero attached hydrogens (tertiary/aromatic N) is 5. The predicted molar refractivity (Wildman–Crippen MR) is 77.7 cm³/mol. The molecule has 2 aromatic heterocycles. The van der Waals surface area contributed by atoms with E-state index in [1.165, 1.54) is 28.9 Å². The van der Waals surface area contributed by atoms with Crippen LogP contribution in [0, 0.1) is 5.82 Å². The Labute approximate surface area is 122 Å². The Balaban J connectivity index is 2.03. The van der Waals surface area contributed by atoms with Crippen molar-refractivity contribution in [3.05, 3.63) is 64.7 Å². The molecule has 2 aromatic carbocycles. The van der Waals surface area contributed by atoms with Crippen LogP contribution in [0.3, 0.4) is 0 Å². The molecular formula is C15H8FN5O. The molecule has 0 saturated heterocycles. The molecule has 0 unspecified atom stereocenters. The summed E-state index contributed by atoms with van der Waals surface area (Å²) in [5, 5.41) is 12.8. The van der Waals surface area contributed by atoms with E-state index in [1.807, 2.05) is 12.1 Å². The van der Waals surface area contributed by atoms with Crippen molar-refractivity contribution in [3.63, 3.8) is 0 Å². The van der Waals surface area contributed by atoms with Crippen LogP contribution < -0.4 is 5.56 Å². The number of hydrogen-bond acceptors (Lipinski definition) is 5. The molecule has 106 valence electrons. The van der Waals surface area contributed by atoms with Crippen LogP contribution in [0.5, 0.6) is 0 Å². The number of aromatic nitrogens is 5. The average Bonchev–Trinajstić information content (AvgIpc) is 2.55. The largest absolute Gasteiger partial charge is 0.300 e. The van der Waals surface area contributed by atoms with Crippen molar-refractivity contribution >= 4 is 16.6 Å². The fourth-order valence-electron chi connectivity index (χ4n) is 2.24. The molecule has 0 atom stereocenters. The summed E-state index contributed by atoms with van der Waals surface area (Å²) in [6, 6.07) is 12.7. The fraction of sp³-hybridized carbons (Fsp3) is 0. The lowest BCUT2D eigenvalue weighted by Crippen LogP contribution is -2.18. The summed E-state index contributed by atoms with van der Waals surface area (Å²) in [4.78, 5) is 16.3. The van der Waals surface area contributed by atoms with Crippen LogP contribution in [0.25, 0.3) is 27.8 Å². The van der Waals surface area contributed by atoms with E-state index in [0.29, 0.717) is 22.1 Å². The quantitative estimate of drug-likeness (QED) is 0.501. The zero-order valence-electron chi connectivity index (χ0n) is 11.1.